The van der Waals surface area contributed by atoms with Gasteiger partial charge in [0, 0.05) is 13.1 Å². The first-order valence-corrected chi connectivity index (χ1v) is 7.67. The van der Waals surface area contributed by atoms with E-state index in [0.717, 1.165) is 35.6 Å². The van der Waals surface area contributed by atoms with E-state index in [1.807, 2.05) is 30.3 Å². The Morgan fingerprint density at radius 1 is 1.09 bits per heavy atom. The zero-order valence-electron chi connectivity index (χ0n) is 12.8. The molecule has 0 aliphatic rings. The lowest BCUT2D eigenvalue weighted by molar-refractivity contribution is 0.290. The highest BCUT2D eigenvalue weighted by Crippen LogP contribution is 2.18. The molecule has 0 saturated carbocycles. The van der Waals surface area contributed by atoms with E-state index >= 15 is 0 Å². The fraction of sp³-hybridized carbons (Fsp3) is 0.278. The third-order valence-corrected chi connectivity index (χ3v) is 3.79. The van der Waals surface area contributed by atoms with Crippen LogP contribution in [0.15, 0.2) is 48.5 Å². The van der Waals surface area contributed by atoms with E-state index < -0.39 is 0 Å². The second kappa shape index (κ2) is 6.62. The number of nitrogens with two attached hydrogens (primary N) is 1. The number of hydrogen-bond donors (Lipinski definition) is 1. The summed E-state index contributed by atoms with van der Waals surface area (Å²) in [7, 11) is 0. The van der Waals surface area contributed by atoms with Crippen molar-refractivity contribution in [2.24, 2.45) is 5.73 Å². The van der Waals surface area contributed by atoms with Gasteiger partial charge in [0.1, 0.15) is 18.2 Å². The predicted octanol–water partition coefficient (Wildman–Crippen LogP) is 3.14. The summed E-state index contributed by atoms with van der Waals surface area (Å²) >= 11 is 0. The molecule has 3 aromatic rings. The van der Waals surface area contributed by atoms with Crippen LogP contribution in [0.25, 0.3) is 11.0 Å². The number of para-hydroxylation sites is 2. The number of ether oxygens (including phenoxy) is 1. The highest BCUT2D eigenvalue weighted by molar-refractivity contribution is 5.75. The summed E-state index contributed by atoms with van der Waals surface area (Å²) in [5, 5.41) is 0. The Bertz CT molecular complexity index is 747. The van der Waals surface area contributed by atoms with Gasteiger partial charge in [0.15, 0.2) is 0 Å². The van der Waals surface area contributed by atoms with E-state index in [2.05, 4.69) is 34.7 Å². The van der Waals surface area contributed by atoms with Gasteiger partial charge in [0.2, 0.25) is 0 Å². The third-order valence-electron chi connectivity index (χ3n) is 3.79. The first-order chi connectivity index (χ1) is 10.8. The molecule has 0 unspecified atom stereocenters. The molecule has 0 aliphatic heterocycles. The van der Waals surface area contributed by atoms with Crippen molar-refractivity contribution in [3.05, 3.63) is 59.9 Å². The summed E-state index contributed by atoms with van der Waals surface area (Å²) in [5.74, 6) is 1.77. The Hall–Kier alpha value is -2.33. The summed E-state index contributed by atoms with van der Waals surface area (Å²) in [6.45, 7) is 3.91. The van der Waals surface area contributed by atoms with Gasteiger partial charge in [0.25, 0.3) is 0 Å². The Morgan fingerprint density at radius 3 is 2.59 bits per heavy atom. The summed E-state index contributed by atoms with van der Waals surface area (Å²) in [6.07, 6.45) is 1.03. The van der Waals surface area contributed by atoms with Crippen molar-refractivity contribution in [3.8, 4) is 5.75 Å². The predicted molar refractivity (Wildman–Crippen MR) is 88.9 cm³/mol. The molecule has 0 amide bonds. The molecule has 22 heavy (non-hydrogen) atoms. The van der Waals surface area contributed by atoms with Crippen LogP contribution in [0.1, 0.15) is 18.3 Å². The van der Waals surface area contributed by atoms with Crippen LogP contribution < -0.4 is 10.5 Å². The van der Waals surface area contributed by atoms with Crippen molar-refractivity contribution in [2.75, 3.05) is 6.54 Å². The molecule has 0 saturated heterocycles. The molecule has 1 heterocycles. The SMILES string of the molecule is CCc1ccc(OCc2nc3ccccc3n2CCN)cc1. The van der Waals surface area contributed by atoms with E-state index in [4.69, 9.17) is 10.5 Å². The smallest absolute Gasteiger partial charge is 0.148 e. The topological polar surface area (TPSA) is 53.1 Å². The molecule has 4 heteroatoms. The molecule has 3 rings (SSSR count). The van der Waals surface area contributed by atoms with E-state index in [1.54, 1.807) is 0 Å². The molecule has 0 atom stereocenters. The number of fused-ring (bicyclic) bond motifs is 1. The molecule has 2 N–H and O–H groups in total. The molecule has 0 bridgehead atoms. The van der Waals surface area contributed by atoms with Crippen molar-refractivity contribution in [1.29, 1.82) is 0 Å². The highest BCUT2D eigenvalue weighted by atomic mass is 16.5. The number of rotatable bonds is 6. The molecule has 4 nitrogen and oxygen atoms in total. The molecular weight excluding hydrogens is 274 g/mol. The quantitative estimate of drug-likeness (QED) is 0.760. The van der Waals surface area contributed by atoms with Crippen molar-refractivity contribution >= 4 is 11.0 Å². The lowest BCUT2D eigenvalue weighted by Gasteiger charge is -2.09. The fourth-order valence-corrected chi connectivity index (χ4v) is 2.58. The second-order valence-corrected chi connectivity index (χ2v) is 5.24. The maximum absolute atomic E-state index is 5.88. The number of aromatic nitrogens is 2. The lowest BCUT2D eigenvalue weighted by atomic mass is 10.2. The van der Waals surface area contributed by atoms with E-state index in [1.165, 1.54) is 5.56 Å². The van der Waals surface area contributed by atoms with Gasteiger partial charge in [-0.05, 0) is 36.2 Å². The van der Waals surface area contributed by atoms with Gasteiger partial charge in [-0.3, -0.25) is 0 Å². The van der Waals surface area contributed by atoms with Crippen LogP contribution in [0.2, 0.25) is 0 Å². The number of nitrogens with zero attached hydrogens (tertiary/aromatic N) is 2. The van der Waals surface area contributed by atoms with Gasteiger partial charge in [-0.15, -0.1) is 0 Å². The van der Waals surface area contributed by atoms with E-state index in [9.17, 15) is 0 Å². The van der Waals surface area contributed by atoms with Crippen LogP contribution in [0, 0.1) is 0 Å². The largest absolute Gasteiger partial charge is 0.486 e. The minimum absolute atomic E-state index is 0.445. The highest BCUT2D eigenvalue weighted by Gasteiger charge is 2.10. The molecule has 0 radical (unpaired) electrons. The molecule has 2 aromatic carbocycles. The molecule has 114 valence electrons. The Kier molecular flexibility index (Phi) is 4.39. The zero-order chi connectivity index (χ0) is 15.4. The fourth-order valence-electron chi connectivity index (χ4n) is 2.58. The first kappa shape index (κ1) is 14.6. The van der Waals surface area contributed by atoms with Gasteiger partial charge < -0.3 is 15.0 Å². The average molecular weight is 295 g/mol. The van der Waals surface area contributed by atoms with Crippen LogP contribution in [0.4, 0.5) is 0 Å². The average Bonchev–Trinajstić information content (AvgIpc) is 2.92. The molecule has 0 fully saturated rings. The summed E-state index contributed by atoms with van der Waals surface area (Å²) in [5.41, 5.74) is 9.12. The number of aryl methyl sites for hydroxylation is 1. The molecule has 1 aromatic heterocycles. The Labute approximate surface area is 130 Å². The van der Waals surface area contributed by atoms with Crippen LogP contribution in [0.3, 0.4) is 0 Å². The van der Waals surface area contributed by atoms with Crippen LogP contribution in [-0.2, 0) is 19.6 Å². The van der Waals surface area contributed by atoms with Crippen LogP contribution in [-0.4, -0.2) is 16.1 Å². The van der Waals surface area contributed by atoms with E-state index in [-0.39, 0.29) is 0 Å². The zero-order valence-corrected chi connectivity index (χ0v) is 12.8. The van der Waals surface area contributed by atoms with Crippen molar-refractivity contribution < 1.29 is 4.74 Å². The van der Waals surface area contributed by atoms with Crippen molar-refractivity contribution in [1.82, 2.24) is 9.55 Å². The monoisotopic (exact) mass is 295 g/mol. The summed E-state index contributed by atoms with van der Waals surface area (Å²) in [4.78, 5) is 4.66. The lowest BCUT2D eigenvalue weighted by Crippen LogP contribution is -2.14. The van der Waals surface area contributed by atoms with Gasteiger partial charge in [0.05, 0.1) is 11.0 Å². The van der Waals surface area contributed by atoms with Gasteiger partial charge in [-0.2, -0.15) is 0 Å². The number of hydrogen-bond acceptors (Lipinski definition) is 3. The maximum atomic E-state index is 5.88. The second-order valence-electron chi connectivity index (χ2n) is 5.24. The molecular formula is C18H21N3O. The molecule has 0 spiro atoms. The van der Waals surface area contributed by atoms with Gasteiger partial charge >= 0.3 is 0 Å². The summed E-state index contributed by atoms with van der Waals surface area (Å²) < 4.78 is 8.02. The number of imidazole rings is 1. The number of benzene rings is 2. The first-order valence-electron chi connectivity index (χ1n) is 7.67. The minimum atomic E-state index is 0.445. The van der Waals surface area contributed by atoms with Crippen molar-refractivity contribution in [2.45, 2.75) is 26.5 Å². The molecule has 0 aliphatic carbocycles. The Balaban J connectivity index is 1.81. The normalized spacial score (nSPS) is 11.0. The van der Waals surface area contributed by atoms with Gasteiger partial charge in [-0.1, -0.05) is 31.2 Å². The summed E-state index contributed by atoms with van der Waals surface area (Å²) in [6, 6.07) is 16.3. The minimum Gasteiger partial charge on any atom is -0.486 e. The van der Waals surface area contributed by atoms with Crippen LogP contribution in [0.5, 0.6) is 5.75 Å². The van der Waals surface area contributed by atoms with E-state index in [0.29, 0.717) is 13.2 Å². The van der Waals surface area contributed by atoms with Gasteiger partial charge in [-0.25, -0.2) is 4.98 Å². The Morgan fingerprint density at radius 2 is 1.86 bits per heavy atom. The van der Waals surface area contributed by atoms with Crippen molar-refractivity contribution in [3.63, 3.8) is 0 Å². The standard InChI is InChI=1S/C18H21N3O/c1-2-14-7-9-15(10-8-14)22-13-18-20-16-5-3-4-6-17(16)21(18)12-11-19/h3-10H,2,11-13,19H2,1H3. The van der Waals surface area contributed by atoms with Crippen LogP contribution >= 0.6 is 0 Å². The maximum Gasteiger partial charge on any atom is 0.148 e. The third kappa shape index (κ3) is 2.97.